The Balaban J connectivity index is 2.19. The maximum absolute atomic E-state index is 13.9. The first-order chi connectivity index (χ1) is 9.52. The van der Waals surface area contributed by atoms with Crippen molar-refractivity contribution in [2.24, 2.45) is 5.84 Å². The van der Waals surface area contributed by atoms with Gasteiger partial charge in [-0.05, 0) is 19.9 Å². The lowest BCUT2D eigenvalue weighted by molar-refractivity contribution is 0.102. The topological polar surface area (TPSA) is 97.9 Å². The number of pyridine rings is 1. The van der Waals surface area contributed by atoms with Gasteiger partial charge in [0, 0.05) is 18.4 Å². The normalized spacial score (nSPS) is 10.7. The number of nitrogens with one attached hydrogen (secondary N) is 2. The summed E-state index contributed by atoms with van der Waals surface area (Å²) in [6.07, 6.45) is 4.47. The van der Waals surface area contributed by atoms with Crippen LogP contribution >= 0.6 is 0 Å². The molecule has 0 fully saturated rings. The van der Waals surface area contributed by atoms with Gasteiger partial charge in [0.2, 0.25) is 0 Å². The van der Waals surface area contributed by atoms with Crippen molar-refractivity contribution in [3.8, 4) is 0 Å². The third kappa shape index (κ3) is 2.75. The molecule has 0 atom stereocenters. The van der Waals surface area contributed by atoms with Crippen molar-refractivity contribution in [2.75, 3.05) is 10.7 Å². The summed E-state index contributed by atoms with van der Waals surface area (Å²) in [6, 6.07) is 1.45. The minimum absolute atomic E-state index is 0.148. The molecule has 0 unspecified atom stereocenters. The zero-order chi connectivity index (χ0) is 14.7. The highest BCUT2D eigenvalue weighted by atomic mass is 19.1. The molecule has 0 bridgehead atoms. The van der Waals surface area contributed by atoms with E-state index in [-0.39, 0.29) is 17.4 Å². The van der Waals surface area contributed by atoms with Crippen LogP contribution in [0.2, 0.25) is 0 Å². The lowest BCUT2D eigenvalue weighted by Gasteiger charge is -2.07. The van der Waals surface area contributed by atoms with Crippen molar-refractivity contribution in [3.63, 3.8) is 0 Å². The molecule has 106 valence electrons. The highest BCUT2D eigenvalue weighted by Crippen LogP contribution is 2.16. The fourth-order valence-corrected chi connectivity index (χ4v) is 1.60. The van der Waals surface area contributed by atoms with Crippen molar-refractivity contribution in [1.82, 2.24) is 14.8 Å². The Bertz CT molecular complexity index is 624. The molecule has 7 nitrogen and oxygen atoms in total. The molecule has 0 radical (unpaired) electrons. The number of rotatable bonds is 4. The van der Waals surface area contributed by atoms with E-state index in [0.717, 1.165) is 0 Å². The molecule has 0 saturated carbocycles. The molecule has 1 amide bonds. The Morgan fingerprint density at radius 3 is 2.85 bits per heavy atom. The van der Waals surface area contributed by atoms with Crippen molar-refractivity contribution in [2.45, 2.75) is 19.9 Å². The van der Waals surface area contributed by atoms with E-state index in [0.29, 0.717) is 5.69 Å². The van der Waals surface area contributed by atoms with E-state index in [4.69, 9.17) is 5.84 Å². The number of carbonyl (C=O) groups is 1. The van der Waals surface area contributed by atoms with E-state index in [2.05, 4.69) is 20.8 Å². The van der Waals surface area contributed by atoms with Crippen LogP contribution in [0.5, 0.6) is 0 Å². The molecule has 8 heteroatoms. The molecule has 0 aliphatic rings. The maximum Gasteiger partial charge on any atom is 0.258 e. The Hall–Kier alpha value is -2.48. The summed E-state index contributed by atoms with van der Waals surface area (Å²) in [5, 5.41) is 6.65. The predicted octanol–water partition coefficient (Wildman–Crippen LogP) is 1.54. The summed E-state index contributed by atoms with van der Waals surface area (Å²) in [5.41, 5.74) is 2.43. The first-order valence-corrected chi connectivity index (χ1v) is 5.99. The van der Waals surface area contributed by atoms with Gasteiger partial charge in [0.25, 0.3) is 5.91 Å². The van der Waals surface area contributed by atoms with Crippen LogP contribution in [0.3, 0.4) is 0 Å². The van der Waals surface area contributed by atoms with Crippen LogP contribution in [0, 0.1) is 5.82 Å². The molecule has 2 heterocycles. The molecule has 20 heavy (non-hydrogen) atoms. The minimum Gasteiger partial charge on any atom is -0.319 e. The molecule has 0 aromatic carbocycles. The largest absolute Gasteiger partial charge is 0.319 e. The first-order valence-electron chi connectivity index (χ1n) is 5.99. The smallest absolute Gasteiger partial charge is 0.258 e. The second-order valence-corrected chi connectivity index (χ2v) is 4.42. The Morgan fingerprint density at radius 2 is 2.25 bits per heavy atom. The van der Waals surface area contributed by atoms with Gasteiger partial charge in [0.1, 0.15) is 0 Å². The summed E-state index contributed by atoms with van der Waals surface area (Å²) in [6.45, 7) is 3.92. The van der Waals surface area contributed by atoms with Crippen LogP contribution in [-0.4, -0.2) is 20.7 Å². The molecule has 0 aliphatic heterocycles. The molecule has 2 aromatic heterocycles. The summed E-state index contributed by atoms with van der Waals surface area (Å²) in [5.74, 6) is 3.53. The summed E-state index contributed by atoms with van der Waals surface area (Å²) < 4.78 is 15.6. The van der Waals surface area contributed by atoms with Crippen LogP contribution < -0.4 is 16.6 Å². The van der Waals surface area contributed by atoms with Gasteiger partial charge in [0.05, 0.1) is 17.4 Å². The second kappa shape index (κ2) is 5.66. The van der Waals surface area contributed by atoms with E-state index >= 15 is 0 Å². The van der Waals surface area contributed by atoms with Crippen molar-refractivity contribution in [3.05, 3.63) is 36.0 Å². The van der Waals surface area contributed by atoms with Gasteiger partial charge in [-0.1, -0.05) is 0 Å². The zero-order valence-corrected chi connectivity index (χ0v) is 11.1. The average molecular weight is 278 g/mol. The fraction of sp³-hybridized carbons (Fsp3) is 0.250. The van der Waals surface area contributed by atoms with Gasteiger partial charge in [-0.3, -0.25) is 9.48 Å². The van der Waals surface area contributed by atoms with E-state index in [9.17, 15) is 9.18 Å². The summed E-state index contributed by atoms with van der Waals surface area (Å²) in [4.78, 5) is 15.7. The Kier molecular flexibility index (Phi) is 3.94. The number of amides is 1. The van der Waals surface area contributed by atoms with Crippen LogP contribution in [-0.2, 0) is 0 Å². The first kappa shape index (κ1) is 13.9. The van der Waals surface area contributed by atoms with Gasteiger partial charge in [-0.15, -0.1) is 0 Å². The van der Waals surface area contributed by atoms with E-state index in [1.54, 1.807) is 10.9 Å². The third-order valence-corrected chi connectivity index (χ3v) is 2.66. The minimum atomic E-state index is -0.802. The van der Waals surface area contributed by atoms with Gasteiger partial charge in [-0.25, -0.2) is 15.2 Å². The lowest BCUT2D eigenvalue weighted by atomic mass is 10.2. The van der Waals surface area contributed by atoms with Gasteiger partial charge < -0.3 is 10.7 Å². The number of hydrogen-bond acceptors (Lipinski definition) is 5. The number of carbonyl (C=O) groups excluding carboxylic acids is 1. The highest BCUT2D eigenvalue weighted by Gasteiger charge is 2.16. The molecule has 4 N–H and O–H groups in total. The fourth-order valence-electron chi connectivity index (χ4n) is 1.60. The molecule has 2 rings (SSSR count). The number of aromatic nitrogens is 3. The lowest BCUT2D eigenvalue weighted by Crippen LogP contribution is -2.17. The number of nitrogens with two attached hydrogens (primary N) is 1. The van der Waals surface area contributed by atoms with Crippen LogP contribution in [0.25, 0.3) is 0 Å². The quantitative estimate of drug-likeness (QED) is 0.582. The molecule has 0 spiro atoms. The van der Waals surface area contributed by atoms with Crippen LogP contribution in [0.4, 0.5) is 15.9 Å². The van der Waals surface area contributed by atoms with Crippen molar-refractivity contribution < 1.29 is 9.18 Å². The number of hydrogen-bond donors (Lipinski definition) is 3. The monoisotopic (exact) mass is 278 g/mol. The number of anilines is 2. The van der Waals surface area contributed by atoms with Crippen molar-refractivity contribution >= 4 is 17.4 Å². The summed E-state index contributed by atoms with van der Waals surface area (Å²) >= 11 is 0. The SMILES string of the molecule is CC(C)n1cc(NC(=O)c2ccnc(NN)c2F)cn1. The Morgan fingerprint density at radius 1 is 1.50 bits per heavy atom. The molecular weight excluding hydrogens is 263 g/mol. The van der Waals surface area contributed by atoms with E-state index in [1.807, 2.05) is 13.8 Å². The third-order valence-electron chi connectivity index (χ3n) is 2.66. The zero-order valence-electron chi connectivity index (χ0n) is 11.1. The predicted molar refractivity (Wildman–Crippen MR) is 72.6 cm³/mol. The molecule has 0 saturated heterocycles. The van der Waals surface area contributed by atoms with Crippen LogP contribution in [0.15, 0.2) is 24.7 Å². The van der Waals surface area contributed by atoms with Crippen LogP contribution in [0.1, 0.15) is 30.2 Å². The van der Waals surface area contributed by atoms with Gasteiger partial charge in [0.15, 0.2) is 11.6 Å². The van der Waals surface area contributed by atoms with E-state index in [1.165, 1.54) is 18.5 Å². The molecule has 0 aliphatic carbocycles. The van der Waals surface area contributed by atoms with Gasteiger partial charge in [-0.2, -0.15) is 5.10 Å². The maximum atomic E-state index is 13.9. The number of nitrogen functional groups attached to an aromatic ring is 1. The highest BCUT2D eigenvalue weighted by molar-refractivity contribution is 6.04. The molecule has 2 aromatic rings. The number of hydrazine groups is 1. The number of halogens is 1. The average Bonchev–Trinajstić information content (AvgIpc) is 2.87. The second-order valence-electron chi connectivity index (χ2n) is 4.42. The van der Waals surface area contributed by atoms with E-state index < -0.39 is 11.7 Å². The van der Waals surface area contributed by atoms with Gasteiger partial charge >= 0.3 is 0 Å². The molecular formula is C12H15FN6O. The summed E-state index contributed by atoms with van der Waals surface area (Å²) in [7, 11) is 0. The standard InChI is InChI=1S/C12H15FN6O/c1-7(2)19-6-8(5-16-19)17-12(20)9-3-4-15-11(18-14)10(9)13/h3-7H,14H2,1-2H3,(H,15,18)(H,17,20). The number of nitrogens with zero attached hydrogens (tertiary/aromatic N) is 3. The van der Waals surface area contributed by atoms with Crippen molar-refractivity contribution in [1.29, 1.82) is 0 Å². The Labute approximate surface area is 115 Å².